The third-order valence-corrected chi connectivity index (χ3v) is 4.75. The molecule has 1 fully saturated rings. The van der Waals surface area contributed by atoms with Gasteiger partial charge in [0.25, 0.3) is 0 Å². The van der Waals surface area contributed by atoms with Gasteiger partial charge in [-0.1, -0.05) is 38.8 Å². The molecule has 0 saturated heterocycles. The van der Waals surface area contributed by atoms with Gasteiger partial charge < -0.3 is 5.32 Å². The highest BCUT2D eigenvalue weighted by Gasteiger charge is 2.31. The van der Waals surface area contributed by atoms with Crippen molar-refractivity contribution in [3.63, 3.8) is 0 Å². The summed E-state index contributed by atoms with van der Waals surface area (Å²) in [6.07, 6.45) is 5.66. The van der Waals surface area contributed by atoms with E-state index in [9.17, 15) is 0 Å². The minimum atomic E-state index is 0.518. The highest BCUT2D eigenvalue weighted by Crippen LogP contribution is 2.36. The monoisotopic (exact) mass is 280 g/mol. The summed E-state index contributed by atoms with van der Waals surface area (Å²) in [6.45, 7) is 9.09. The maximum atomic E-state index is 6.24. The topological polar surface area (TPSA) is 24.9 Å². The lowest BCUT2D eigenvalue weighted by atomic mass is 9.74. The van der Waals surface area contributed by atoms with Crippen LogP contribution in [0.25, 0.3) is 0 Å². The zero-order chi connectivity index (χ0) is 14.0. The second-order valence-corrected chi connectivity index (χ2v) is 6.73. The molecule has 2 nitrogen and oxygen atoms in total. The average molecular weight is 281 g/mol. The van der Waals surface area contributed by atoms with Crippen molar-refractivity contribution in [1.29, 1.82) is 0 Å². The summed E-state index contributed by atoms with van der Waals surface area (Å²) < 4.78 is 0. The smallest absolute Gasteiger partial charge is 0.152 e. The van der Waals surface area contributed by atoms with Crippen LogP contribution in [0, 0.1) is 24.7 Å². The summed E-state index contributed by atoms with van der Waals surface area (Å²) in [5, 5.41) is 4.28. The molecule has 0 aliphatic heterocycles. The molecule has 0 radical (unpaired) electrons. The lowest BCUT2D eigenvalue weighted by Crippen LogP contribution is -2.38. The first kappa shape index (κ1) is 14.6. The first-order chi connectivity index (χ1) is 8.99. The molecule has 0 amide bonds. The first-order valence-corrected chi connectivity index (χ1v) is 7.74. The number of hydrogen-bond acceptors (Lipinski definition) is 2. The van der Waals surface area contributed by atoms with Gasteiger partial charge in [0, 0.05) is 12.2 Å². The van der Waals surface area contributed by atoms with Crippen molar-refractivity contribution < 1.29 is 0 Å². The Balaban J connectivity index is 2.19. The third kappa shape index (κ3) is 3.42. The SMILES string of the molecule is Cc1ccnc(Cl)c1NC1CC(C)CCC1C(C)C. The lowest BCUT2D eigenvalue weighted by Gasteiger charge is -2.38. The average Bonchev–Trinajstić information content (AvgIpc) is 2.33. The van der Waals surface area contributed by atoms with Crippen molar-refractivity contribution in [3.8, 4) is 0 Å². The zero-order valence-corrected chi connectivity index (χ0v) is 13.2. The molecule has 1 aliphatic carbocycles. The standard InChI is InChI=1S/C16H25ClN2/c1-10(2)13-6-5-11(3)9-14(13)19-15-12(4)7-8-18-16(15)17/h7-8,10-11,13-14,19H,5-6,9H2,1-4H3. The van der Waals surface area contributed by atoms with E-state index in [4.69, 9.17) is 11.6 Å². The zero-order valence-electron chi connectivity index (χ0n) is 12.4. The van der Waals surface area contributed by atoms with Crippen LogP contribution in [0.4, 0.5) is 5.69 Å². The van der Waals surface area contributed by atoms with Gasteiger partial charge in [-0.25, -0.2) is 4.98 Å². The van der Waals surface area contributed by atoms with Crippen molar-refractivity contribution in [2.45, 2.75) is 53.0 Å². The quantitative estimate of drug-likeness (QED) is 0.795. The molecule has 0 aromatic carbocycles. The third-order valence-electron chi connectivity index (χ3n) is 4.47. The van der Waals surface area contributed by atoms with Crippen molar-refractivity contribution in [2.24, 2.45) is 17.8 Å². The van der Waals surface area contributed by atoms with Gasteiger partial charge in [0.05, 0.1) is 5.69 Å². The molecule has 0 bridgehead atoms. The number of hydrogen-bond donors (Lipinski definition) is 1. The second-order valence-electron chi connectivity index (χ2n) is 6.37. The van der Waals surface area contributed by atoms with Crippen LogP contribution in [0.5, 0.6) is 0 Å². The van der Waals surface area contributed by atoms with Crippen molar-refractivity contribution in [1.82, 2.24) is 4.98 Å². The fourth-order valence-corrected chi connectivity index (χ4v) is 3.51. The number of aryl methyl sites for hydroxylation is 1. The molecule has 1 saturated carbocycles. The fourth-order valence-electron chi connectivity index (χ4n) is 3.25. The number of nitrogens with one attached hydrogen (secondary N) is 1. The van der Waals surface area contributed by atoms with Crippen LogP contribution >= 0.6 is 11.6 Å². The summed E-state index contributed by atoms with van der Waals surface area (Å²) in [6, 6.07) is 2.54. The Bertz CT molecular complexity index is 411. The molecular formula is C16H25ClN2. The van der Waals surface area contributed by atoms with Gasteiger partial charge in [0.2, 0.25) is 0 Å². The molecule has 1 heterocycles. The van der Waals surface area contributed by atoms with Crippen molar-refractivity contribution in [3.05, 3.63) is 23.0 Å². The van der Waals surface area contributed by atoms with Crippen LogP contribution in [0.2, 0.25) is 5.15 Å². The van der Waals surface area contributed by atoms with E-state index in [1.165, 1.54) is 24.8 Å². The molecule has 2 rings (SSSR count). The molecule has 1 aromatic rings. The van der Waals surface area contributed by atoms with E-state index in [0.29, 0.717) is 17.1 Å². The number of nitrogens with zero attached hydrogens (tertiary/aromatic N) is 1. The van der Waals surface area contributed by atoms with Gasteiger partial charge in [-0.2, -0.15) is 0 Å². The largest absolute Gasteiger partial charge is 0.379 e. The van der Waals surface area contributed by atoms with Crippen LogP contribution in [0.1, 0.15) is 45.6 Å². The molecule has 3 unspecified atom stereocenters. The first-order valence-electron chi connectivity index (χ1n) is 7.36. The van der Waals surface area contributed by atoms with Crippen LogP contribution in [-0.4, -0.2) is 11.0 Å². The number of halogens is 1. The van der Waals surface area contributed by atoms with E-state index in [0.717, 1.165) is 17.5 Å². The Morgan fingerprint density at radius 3 is 2.74 bits per heavy atom. The fraction of sp³-hybridized carbons (Fsp3) is 0.688. The molecule has 3 heteroatoms. The van der Waals surface area contributed by atoms with E-state index < -0.39 is 0 Å². The Morgan fingerprint density at radius 1 is 1.37 bits per heavy atom. The molecule has 1 N–H and O–H groups in total. The van der Waals surface area contributed by atoms with Gasteiger partial charge in [0.15, 0.2) is 5.15 Å². The number of pyridine rings is 1. The molecule has 106 valence electrons. The van der Waals surface area contributed by atoms with Gasteiger partial charge in [-0.3, -0.25) is 0 Å². The molecule has 1 aromatic heterocycles. The summed E-state index contributed by atoms with van der Waals surface area (Å²) >= 11 is 6.24. The van der Waals surface area contributed by atoms with Gasteiger partial charge in [-0.05, 0) is 49.1 Å². The Labute approximate surface area is 122 Å². The van der Waals surface area contributed by atoms with E-state index in [-0.39, 0.29) is 0 Å². The van der Waals surface area contributed by atoms with E-state index in [1.807, 2.05) is 6.07 Å². The molecule has 0 spiro atoms. The molecule has 19 heavy (non-hydrogen) atoms. The summed E-state index contributed by atoms with van der Waals surface area (Å²) in [7, 11) is 0. The summed E-state index contributed by atoms with van der Waals surface area (Å²) in [5.74, 6) is 2.23. The Kier molecular flexibility index (Phi) is 4.72. The number of rotatable bonds is 3. The molecule has 3 atom stereocenters. The van der Waals surface area contributed by atoms with Crippen LogP contribution in [-0.2, 0) is 0 Å². The second kappa shape index (κ2) is 6.13. The minimum Gasteiger partial charge on any atom is -0.379 e. The number of aromatic nitrogens is 1. The van der Waals surface area contributed by atoms with Crippen molar-refractivity contribution >= 4 is 17.3 Å². The van der Waals surface area contributed by atoms with Crippen LogP contribution in [0.3, 0.4) is 0 Å². The number of anilines is 1. The Hall–Kier alpha value is -0.760. The summed E-state index contributed by atoms with van der Waals surface area (Å²) in [5.41, 5.74) is 2.20. The minimum absolute atomic E-state index is 0.518. The highest BCUT2D eigenvalue weighted by molar-refractivity contribution is 6.32. The van der Waals surface area contributed by atoms with E-state index >= 15 is 0 Å². The van der Waals surface area contributed by atoms with Crippen LogP contribution < -0.4 is 5.32 Å². The van der Waals surface area contributed by atoms with E-state index in [1.54, 1.807) is 6.20 Å². The van der Waals surface area contributed by atoms with Crippen molar-refractivity contribution in [2.75, 3.05) is 5.32 Å². The van der Waals surface area contributed by atoms with E-state index in [2.05, 4.69) is 38.0 Å². The van der Waals surface area contributed by atoms with Crippen LogP contribution in [0.15, 0.2) is 12.3 Å². The molecule has 1 aliphatic rings. The van der Waals surface area contributed by atoms with Gasteiger partial charge >= 0.3 is 0 Å². The lowest BCUT2D eigenvalue weighted by molar-refractivity contribution is 0.212. The Morgan fingerprint density at radius 2 is 2.11 bits per heavy atom. The van der Waals surface area contributed by atoms with Gasteiger partial charge in [0.1, 0.15) is 0 Å². The highest BCUT2D eigenvalue weighted by atomic mass is 35.5. The maximum absolute atomic E-state index is 6.24. The predicted octanol–water partition coefficient (Wildman–Crippen LogP) is 4.92. The summed E-state index contributed by atoms with van der Waals surface area (Å²) in [4.78, 5) is 4.20. The van der Waals surface area contributed by atoms with Gasteiger partial charge in [-0.15, -0.1) is 0 Å². The molecular weight excluding hydrogens is 256 g/mol. The maximum Gasteiger partial charge on any atom is 0.152 e. The normalized spacial score (nSPS) is 27.6. The predicted molar refractivity (Wildman–Crippen MR) is 82.7 cm³/mol.